The van der Waals surface area contributed by atoms with E-state index in [0.717, 1.165) is 98.6 Å². The molecule has 0 amide bonds. The molecule has 1 saturated carbocycles. The minimum absolute atomic E-state index is 0.00503. The molecule has 7 unspecified atom stereocenters. The average Bonchev–Trinajstić information content (AvgIpc) is 3.91. The standard InChI is InChI=1S/C45H69N3O8/c1-29(50)12-17-35(52)18-16-34(46)9-5-3-4-6-11-44-33(27-49)23-36(56-44)19-13-31-14-21-42(53)45(22-31)55-28-43(54)41-24-38-39(26-47-25-30(2)51)37-10-7-8-32(37)15-20-40(38)48-41/h14,21-24,30,32,34-35,37,39,43,47-49,51-54H,3-13,15-20,25-28,46H2,1-2H3. The topological polar surface area (TPSA) is 194 Å². The van der Waals surface area contributed by atoms with Crippen molar-refractivity contribution in [1.29, 1.82) is 0 Å². The predicted octanol–water partition coefficient (Wildman–Crippen LogP) is 6.45. The molecule has 1 aromatic carbocycles. The second-order valence-corrected chi connectivity index (χ2v) is 16.8. The third-order valence-corrected chi connectivity index (χ3v) is 12.1. The predicted molar refractivity (Wildman–Crippen MR) is 218 cm³/mol. The molecular formula is C45H69N3O8. The number of ether oxygens (including phenoxy) is 1. The van der Waals surface area contributed by atoms with E-state index in [-0.39, 0.29) is 30.8 Å². The average molecular weight is 780 g/mol. The van der Waals surface area contributed by atoms with Crippen LogP contribution in [-0.2, 0) is 37.1 Å². The van der Waals surface area contributed by atoms with E-state index >= 15 is 0 Å². The van der Waals surface area contributed by atoms with Gasteiger partial charge in [-0.1, -0.05) is 38.2 Å². The number of aromatic nitrogens is 1. The number of nitrogens with one attached hydrogen (secondary N) is 2. The molecule has 2 aliphatic carbocycles. The number of aliphatic hydroxyl groups excluding tert-OH is 4. The summed E-state index contributed by atoms with van der Waals surface area (Å²) < 4.78 is 12.2. The molecule has 2 heterocycles. The molecule has 56 heavy (non-hydrogen) atoms. The van der Waals surface area contributed by atoms with Crippen molar-refractivity contribution in [1.82, 2.24) is 10.3 Å². The van der Waals surface area contributed by atoms with Crippen LogP contribution in [0.5, 0.6) is 11.5 Å². The van der Waals surface area contributed by atoms with Gasteiger partial charge in [-0.05, 0) is 119 Å². The molecule has 2 aliphatic rings. The minimum atomic E-state index is -0.888. The summed E-state index contributed by atoms with van der Waals surface area (Å²) in [6, 6.07) is 9.41. The van der Waals surface area contributed by atoms with E-state index in [0.29, 0.717) is 56.2 Å². The van der Waals surface area contributed by atoms with Gasteiger partial charge in [0.25, 0.3) is 0 Å². The molecule has 0 aliphatic heterocycles. The maximum atomic E-state index is 11.2. The zero-order chi connectivity index (χ0) is 40.0. The Balaban J connectivity index is 1.06. The molecule has 0 spiro atoms. The Morgan fingerprint density at radius 1 is 1.00 bits per heavy atom. The van der Waals surface area contributed by atoms with Gasteiger partial charge in [0, 0.05) is 61.3 Å². The van der Waals surface area contributed by atoms with Crippen molar-refractivity contribution in [2.75, 3.05) is 19.7 Å². The Hall–Kier alpha value is -3.19. The first-order valence-electron chi connectivity index (χ1n) is 21.4. The van der Waals surface area contributed by atoms with Crippen molar-refractivity contribution in [2.24, 2.45) is 17.6 Å². The molecule has 1 fully saturated rings. The highest BCUT2D eigenvalue weighted by atomic mass is 16.5. The number of carbonyl (C=O) groups is 1. The highest BCUT2D eigenvalue weighted by Gasteiger charge is 2.38. The van der Waals surface area contributed by atoms with Crippen LogP contribution in [0.4, 0.5) is 0 Å². The number of ketones is 1. The summed E-state index contributed by atoms with van der Waals surface area (Å²) in [6.45, 7) is 4.64. The Bertz CT molecular complexity index is 1630. The summed E-state index contributed by atoms with van der Waals surface area (Å²) in [5, 5.41) is 55.2. The molecule has 0 saturated heterocycles. The number of aromatic amines is 1. The molecule has 11 heteroatoms. The monoisotopic (exact) mass is 780 g/mol. The number of fused-ring (bicyclic) bond motifs is 2. The fraction of sp³-hybridized carbons (Fsp3) is 0.667. The molecule has 9 N–H and O–H groups in total. The van der Waals surface area contributed by atoms with E-state index in [2.05, 4.69) is 16.4 Å². The Kier molecular flexibility index (Phi) is 17.3. The zero-order valence-electron chi connectivity index (χ0n) is 33.8. The third kappa shape index (κ3) is 13.2. The Morgan fingerprint density at radius 2 is 1.82 bits per heavy atom. The van der Waals surface area contributed by atoms with Crippen LogP contribution in [0.1, 0.15) is 149 Å². The van der Waals surface area contributed by atoms with Crippen LogP contribution in [0, 0.1) is 11.8 Å². The number of aromatic hydroxyl groups is 1. The fourth-order valence-corrected chi connectivity index (χ4v) is 8.94. The van der Waals surface area contributed by atoms with Gasteiger partial charge in [0.1, 0.15) is 30.0 Å². The number of phenols is 1. The van der Waals surface area contributed by atoms with E-state index in [1.54, 1.807) is 19.9 Å². The summed E-state index contributed by atoms with van der Waals surface area (Å²) >= 11 is 0. The largest absolute Gasteiger partial charge is 0.504 e. The van der Waals surface area contributed by atoms with E-state index in [1.165, 1.54) is 30.5 Å². The van der Waals surface area contributed by atoms with Gasteiger partial charge in [-0.2, -0.15) is 0 Å². The summed E-state index contributed by atoms with van der Waals surface area (Å²) in [5.74, 6) is 3.73. The van der Waals surface area contributed by atoms with Gasteiger partial charge in [0.2, 0.25) is 0 Å². The SMILES string of the molecule is CC(=O)CCC(O)CCC(N)CCCCCCc1oc(CCc2ccc(O)c(OCC(O)c3cc4c([nH]3)CCC3CCCC3C4CNCC(C)O)c2)cc1CO. The molecule has 2 aromatic heterocycles. The summed E-state index contributed by atoms with van der Waals surface area (Å²) in [5.41, 5.74) is 11.2. The van der Waals surface area contributed by atoms with Crippen molar-refractivity contribution in [3.05, 3.63) is 69.9 Å². The summed E-state index contributed by atoms with van der Waals surface area (Å²) in [7, 11) is 0. The normalized spacial score (nSPS) is 20.2. The minimum Gasteiger partial charge on any atom is -0.504 e. The molecule has 0 radical (unpaired) electrons. The van der Waals surface area contributed by atoms with E-state index in [1.807, 2.05) is 18.2 Å². The number of hydrogen-bond acceptors (Lipinski definition) is 10. The van der Waals surface area contributed by atoms with Gasteiger partial charge in [0.05, 0.1) is 18.8 Å². The van der Waals surface area contributed by atoms with Crippen LogP contribution in [0.2, 0.25) is 0 Å². The quantitative estimate of drug-likeness (QED) is 0.0443. The number of unbranched alkanes of at least 4 members (excludes halogenated alkanes) is 3. The first-order chi connectivity index (χ1) is 27.0. The van der Waals surface area contributed by atoms with Crippen molar-refractivity contribution >= 4 is 5.78 Å². The number of hydrogen-bond donors (Lipinski definition) is 8. The number of nitrogens with two attached hydrogens (primary N) is 1. The molecule has 11 nitrogen and oxygen atoms in total. The molecule has 0 bridgehead atoms. The second kappa shape index (κ2) is 22.1. The summed E-state index contributed by atoms with van der Waals surface area (Å²) in [6.07, 6.45) is 13.5. The number of aliphatic hydroxyl groups is 4. The zero-order valence-corrected chi connectivity index (χ0v) is 33.8. The maximum absolute atomic E-state index is 11.2. The van der Waals surface area contributed by atoms with E-state index < -0.39 is 18.3 Å². The van der Waals surface area contributed by atoms with Gasteiger partial charge < -0.3 is 55.5 Å². The number of Topliss-reactive ketones (excluding diaryl/α,β-unsaturated/α-hetero) is 1. The first kappa shape index (κ1) is 43.9. The number of rotatable bonds is 25. The third-order valence-electron chi connectivity index (χ3n) is 12.1. The first-order valence-corrected chi connectivity index (χ1v) is 21.4. The number of benzene rings is 1. The van der Waals surface area contributed by atoms with Crippen LogP contribution < -0.4 is 15.8 Å². The van der Waals surface area contributed by atoms with E-state index in [4.69, 9.17) is 14.9 Å². The number of furan rings is 1. The van der Waals surface area contributed by atoms with Gasteiger partial charge >= 0.3 is 0 Å². The highest BCUT2D eigenvalue weighted by Crippen LogP contribution is 2.47. The van der Waals surface area contributed by atoms with Gasteiger partial charge in [0.15, 0.2) is 11.5 Å². The Morgan fingerprint density at radius 3 is 2.61 bits per heavy atom. The van der Waals surface area contributed by atoms with Gasteiger partial charge in [-0.15, -0.1) is 0 Å². The molecule has 312 valence electrons. The second-order valence-electron chi connectivity index (χ2n) is 16.8. The highest BCUT2D eigenvalue weighted by molar-refractivity contribution is 5.75. The van der Waals surface area contributed by atoms with Crippen molar-refractivity contribution in [3.63, 3.8) is 0 Å². The lowest BCUT2D eigenvalue weighted by atomic mass is 9.80. The Labute approximate surface area is 333 Å². The van der Waals surface area contributed by atoms with E-state index in [9.17, 15) is 30.3 Å². The maximum Gasteiger partial charge on any atom is 0.161 e. The summed E-state index contributed by atoms with van der Waals surface area (Å²) in [4.78, 5) is 14.6. The number of carbonyl (C=O) groups excluding carboxylic acids is 1. The van der Waals surface area contributed by atoms with Crippen LogP contribution in [-0.4, -0.2) is 74.2 Å². The lowest BCUT2D eigenvalue weighted by Gasteiger charge is -2.27. The fourth-order valence-electron chi connectivity index (χ4n) is 8.94. The van der Waals surface area contributed by atoms with Crippen molar-refractivity contribution in [2.45, 2.75) is 160 Å². The lowest BCUT2D eigenvalue weighted by Crippen LogP contribution is -2.32. The van der Waals surface area contributed by atoms with Crippen LogP contribution in [0.15, 0.2) is 34.7 Å². The molecule has 3 aromatic rings. The molecular weight excluding hydrogens is 711 g/mol. The number of H-pyrrole nitrogens is 1. The van der Waals surface area contributed by atoms with Crippen molar-refractivity contribution in [3.8, 4) is 11.5 Å². The van der Waals surface area contributed by atoms with Gasteiger partial charge in [-0.25, -0.2) is 0 Å². The van der Waals surface area contributed by atoms with Gasteiger partial charge in [-0.3, -0.25) is 0 Å². The lowest BCUT2D eigenvalue weighted by molar-refractivity contribution is -0.117. The molecule has 7 atom stereocenters. The van der Waals surface area contributed by atoms with Crippen LogP contribution in [0.3, 0.4) is 0 Å². The molecule has 5 rings (SSSR count). The van der Waals surface area contributed by atoms with Crippen molar-refractivity contribution < 1.29 is 39.5 Å². The number of phenolic OH excluding ortho intramolecular Hbond substituents is 1. The van der Waals surface area contributed by atoms with Crippen LogP contribution >= 0.6 is 0 Å². The number of aryl methyl sites for hydroxylation is 4. The smallest absolute Gasteiger partial charge is 0.161 e. The van der Waals surface area contributed by atoms with Crippen LogP contribution in [0.25, 0.3) is 0 Å².